The molecule has 66 heavy (non-hydrogen) atoms. The number of para-hydroxylation sites is 4. The van der Waals surface area contributed by atoms with Gasteiger partial charge >= 0.3 is 0 Å². The molecule has 0 fully saturated rings. The largest absolute Gasteiger partial charge is 0.225 e. The highest BCUT2D eigenvalue weighted by molar-refractivity contribution is 7.60. The molecule has 0 saturated carbocycles. The molecule has 11 rings (SSSR count). The zero-order chi connectivity index (χ0) is 46.3. The molecule has 11 aromatic rings. The predicted octanol–water partition coefficient (Wildman–Crippen LogP) is 17.5. The molecule has 0 radical (unpaired) electrons. The molecule has 3 heterocycles. The van der Waals surface area contributed by atoms with Gasteiger partial charge in [-0.1, -0.05) is 144 Å². The van der Waals surface area contributed by atoms with Crippen LogP contribution in [0.5, 0.6) is 0 Å². The number of hydrogen-bond acceptors (Lipinski definition) is 0. The highest BCUT2D eigenvalue weighted by atomic mass is 31.2. The van der Waals surface area contributed by atoms with Gasteiger partial charge in [-0.2, -0.15) is 0 Å². The number of aryl methyl sites for hydroxylation is 12. The maximum absolute atomic E-state index is 2.87. The van der Waals surface area contributed by atoms with Gasteiger partial charge in [0.2, 0.25) is 0 Å². The lowest BCUT2D eigenvalue weighted by molar-refractivity contribution is 0.863. The van der Waals surface area contributed by atoms with Crippen molar-refractivity contribution in [2.45, 2.75) is 83.1 Å². The van der Waals surface area contributed by atoms with E-state index in [4.69, 9.17) is 0 Å². The van der Waals surface area contributed by atoms with Crippen molar-refractivity contribution in [3.05, 3.63) is 212 Å². The van der Waals surface area contributed by atoms with E-state index in [1.807, 2.05) is 0 Å². The fourth-order valence-corrected chi connectivity index (χ4v) is 18.1. The first-order chi connectivity index (χ1) is 31.7. The van der Waals surface area contributed by atoms with E-state index in [9.17, 15) is 0 Å². The Labute approximate surface area is 393 Å². The topological polar surface area (TPSA) is 19.7 Å². The zero-order valence-corrected chi connectivity index (χ0v) is 42.3. The second kappa shape index (κ2) is 16.8. The molecule has 0 saturated heterocycles. The third kappa shape index (κ3) is 7.05. The number of aromatic nitrogens is 4. The average Bonchev–Trinajstić information content (AvgIpc) is 3.78. The van der Waals surface area contributed by atoms with Crippen LogP contribution in [0.2, 0.25) is 0 Å². The summed E-state index contributed by atoms with van der Waals surface area (Å²) in [5, 5.41) is 0. The van der Waals surface area contributed by atoms with Crippen LogP contribution in [0.15, 0.2) is 146 Å². The lowest BCUT2D eigenvalue weighted by Gasteiger charge is -2.29. The van der Waals surface area contributed by atoms with Crippen LogP contribution in [0.4, 0.5) is 0 Å². The third-order valence-electron chi connectivity index (χ3n) is 13.4. The molecule has 3 aromatic heterocycles. The molecule has 0 amide bonds. The van der Waals surface area contributed by atoms with Crippen LogP contribution in [-0.2, 0) is 0 Å². The summed E-state index contributed by atoms with van der Waals surface area (Å²) in [6.45, 7) is 27.3. The Morgan fingerprint density at radius 1 is 0.273 bits per heavy atom. The summed E-state index contributed by atoms with van der Waals surface area (Å²) in [6.07, 6.45) is 0. The summed E-state index contributed by atoms with van der Waals surface area (Å²) < 4.78 is 11.1. The van der Waals surface area contributed by atoms with Crippen LogP contribution in [0, 0.1) is 83.1 Å². The van der Waals surface area contributed by atoms with Crippen LogP contribution in [0.1, 0.15) is 66.8 Å². The number of nitrogens with zero attached hydrogens (tertiary/aromatic N) is 4. The van der Waals surface area contributed by atoms with Crippen LogP contribution in [-0.4, -0.2) is 17.1 Å². The molecule has 0 aliphatic heterocycles. The summed E-state index contributed by atoms with van der Waals surface area (Å²) in [5.41, 5.74) is 31.0. The normalized spacial score (nSPS) is 12.2. The maximum atomic E-state index is 2.87. The summed E-state index contributed by atoms with van der Waals surface area (Å²) in [7, 11) is -2.55. The van der Waals surface area contributed by atoms with Gasteiger partial charge in [-0.3, -0.25) is 0 Å². The van der Waals surface area contributed by atoms with E-state index in [2.05, 4.69) is 246 Å². The standard InChI is InChI=1S/C60H60N4P2/c1-37-29-41(5)55(42(6)30-37)51-25-19-26-52(56-43(7)31-38(2)32-44(56)8)59(51)63-65-61(49-21-15-13-16-22-49)62(50-23-17-14-18-24-50)66(63)64(65)60-53(57-45(9)33-39(3)34-46(57)10)27-20-28-54(60)58-47(11)35-40(4)36-48(58)12/h13-36H,1-12H3. The lowest BCUT2D eigenvalue weighted by atomic mass is 9.87. The van der Waals surface area contributed by atoms with E-state index >= 15 is 0 Å². The van der Waals surface area contributed by atoms with E-state index in [0.717, 1.165) is 0 Å². The van der Waals surface area contributed by atoms with E-state index in [1.54, 1.807) is 0 Å². The van der Waals surface area contributed by atoms with Crippen molar-refractivity contribution >= 4 is 15.6 Å². The minimum Gasteiger partial charge on any atom is -0.225 e. The Balaban J connectivity index is 1.46. The maximum Gasteiger partial charge on any atom is 0.177 e. The zero-order valence-electron chi connectivity index (χ0n) is 40.5. The monoisotopic (exact) mass is 898 g/mol. The van der Waals surface area contributed by atoms with Crippen molar-refractivity contribution in [2.75, 3.05) is 0 Å². The first-order valence-corrected chi connectivity index (χ1v) is 25.6. The molecule has 0 atom stereocenters. The number of fused-ring (bicyclic) bond motifs is 1. The molecule has 8 aromatic carbocycles. The first-order valence-electron chi connectivity index (χ1n) is 23.2. The molecule has 0 unspecified atom stereocenters. The Morgan fingerprint density at radius 2 is 0.500 bits per heavy atom. The minimum absolute atomic E-state index is 1.18. The smallest absolute Gasteiger partial charge is 0.177 e. The van der Waals surface area contributed by atoms with Gasteiger partial charge < -0.3 is 0 Å². The summed E-state index contributed by atoms with van der Waals surface area (Å²) in [5.74, 6) is 0. The number of hydrogen-bond donors (Lipinski definition) is 0. The molecule has 2 bridgehead atoms. The highest BCUT2D eigenvalue weighted by Gasteiger charge is 2.36. The fraction of sp³-hybridized carbons (Fsp3) is 0.200. The lowest BCUT2D eigenvalue weighted by Crippen LogP contribution is -2.10. The van der Waals surface area contributed by atoms with Gasteiger partial charge in [0.15, 0.2) is 15.6 Å². The van der Waals surface area contributed by atoms with Gasteiger partial charge in [-0.25, -0.2) is 17.1 Å². The van der Waals surface area contributed by atoms with E-state index in [1.165, 1.54) is 134 Å². The SMILES string of the molecule is Cc1cc(C)c(-c2cccc(-c3c(C)cc(C)cc3C)c2-n2p3n(-c4ccccc4)n(-c4ccccc4)p2n3-c2c(-c3c(C)cc(C)cc3C)cccc2-c2c(C)cc(C)cc2C)c(C)c1. The Kier molecular flexibility index (Phi) is 11.0. The van der Waals surface area contributed by atoms with Crippen molar-refractivity contribution in [2.24, 2.45) is 0 Å². The summed E-state index contributed by atoms with van der Waals surface area (Å²) in [4.78, 5) is 0. The number of benzene rings is 8. The second-order valence-corrected chi connectivity index (χ2v) is 22.9. The van der Waals surface area contributed by atoms with Gasteiger partial charge in [-0.15, -0.1) is 0 Å². The van der Waals surface area contributed by atoms with Gasteiger partial charge in [0, 0.05) is 22.3 Å². The Morgan fingerprint density at radius 3 is 0.727 bits per heavy atom. The Bertz CT molecular complexity index is 3040. The summed E-state index contributed by atoms with van der Waals surface area (Å²) >= 11 is 0. The quantitative estimate of drug-likeness (QED) is 0.145. The first kappa shape index (κ1) is 43.5. The molecule has 4 nitrogen and oxygen atoms in total. The van der Waals surface area contributed by atoms with Gasteiger partial charge in [0.05, 0.1) is 22.7 Å². The van der Waals surface area contributed by atoms with Crippen molar-refractivity contribution in [1.82, 2.24) is 17.1 Å². The molecule has 330 valence electrons. The van der Waals surface area contributed by atoms with E-state index in [-0.39, 0.29) is 0 Å². The molecule has 0 aliphatic carbocycles. The molecular formula is C60H60N4P2. The van der Waals surface area contributed by atoms with Crippen molar-refractivity contribution < 1.29 is 0 Å². The molecule has 0 aliphatic rings. The summed E-state index contributed by atoms with van der Waals surface area (Å²) in [6, 6.07) is 55.4. The molecule has 0 N–H and O–H groups in total. The molecule has 6 heteroatoms. The van der Waals surface area contributed by atoms with Gasteiger partial charge in [0.25, 0.3) is 0 Å². The minimum atomic E-state index is -1.28. The average molecular weight is 899 g/mol. The van der Waals surface area contributed by atoms with Crippen LogP contribution in [0.3, 0.4) is 0 Å². The third-order valence-corrected chi connectivity index (χ3v) is 19.1. The van der Waals surface area contributed by atoms with Crippen LogP contribution in [0.25, 0.3) is 67.3 Å². The van der Waals surface area contributed by atoms with Crippen LogP contribution >= 0.6 is 15.6 Å². The van der Waals surface area contributed by atoms with Crippen molar-refractivity contribution in [3.63, 3.8) is 0 Å². The fourth-order valence-electron chi connectivity index (χ4n) is 11.4. The Hall–Kier alpha value is -6.44. The van der Waals surface area contributed by atoms with Gasteiger partial charge in [0.1, 0.15) is 0 Å². The van der Waals surface area contributed by atoms with Crippen molar-refractivity contribution in [1.29, 1.82) is 0 Å². The predicted molar refractivity (Wildman–Crippen MR) is 285 cm³/mol. The van der Waals surface area contributed by atoms with E-state index < -0.39 is 15.6 Å². The molecular weight excluding hydrogens is 839 g/mol. The van der Waals surface area contributed by atoms with E-state index in [0.29, 0.717) is 0 Å². The highest BCUT2D eigenvalue weighted by Crippen LogP contribution is 2.60. The second-order valence-electron chi connectivity index (χ2n) is 18.9. The number of rotatable bonds is 8. The molecule has 0 spiro atoms. The van der Waals surface area contributed by atoms with Crippen molar-refractivity contribution in [3.8, 4) is 67.3 Å². The van der Waals surface area contributed by atoms with Gasteiger partial charge in [-0.05, 0) is 174 Å². The van der Waals surface area contributed by atoms with Crippen LogP contribution < -0.4 is 0 Å².